The molecule has 216 valence electrons. The third-order valence-electron chi connectivity index (χ3n) is 9.32. The van der Waals surface area contributed by atoms with E-state index in [1.807, 2.05) is 45.5 Å². The standard InChI is InChI=1S/C32H37N3O4S2/c1-41(38,39)27-11-9-24(10-12-27)20-34-18-15-32(31(34)37)13-16-33(17-14-32)21-26-22-35(30(36)29-8-5-19-40-29)23-28(26)25-6-3-2-4-7-25/h2-12,19,26,28H,13-18,20-23H2,1H3/t26-,28+/m0/s1. The Morgan fingerprint density at radius 2 is 1.63 bits per heavy atom. The molecule has 0 radical (unpaired) electrons. The van der Waals surface area contributed by atoms with E-state index in [1.165, 1.54) is 23.2 Å². The smallest absolute Gasteiger partial charge is 0.263 e. The van der Waals surface area contributed by atoms with Gasteiger partial charge >= 0.3 is 0 Å². The van der Waals surface area contributed by atoms with Gasteiger partial charge in [-0.1, -0.05) is 48.5 Å². The lowest BCUT2D eigenvalue weighted by Gasteiger charge is -2.39. The molecule has 0 unspecified atom stereocenters. The summed E-state index contributed by atoms with van der Waals surface area (Å²) in [7, 11) is -3.24. The Kier molecular flexibility index (Phi) is 7.78. The monoisotopic (exact) mass is 591 g/mol. The van der Waals surface area contributed by atoms with Crippen molar-refractivity contribution in [2.24, 2.45) is 11.3 Å². The first-order valence-electron chi connectivity index (χ1n) is 14.4. The zero-order chi connectivity index (χ0) is 28.6. The molecule has 0 bridgehead atoms. The Hall–Kier alpha value is -3.01. The molecule has 3 aromatic rings. The average molecular weight is 592 g/mol. The number of carbonyl (C=O) groups excluding carboxylic acids is 2. The first-order chi connectivity index (χ1) is 19.7. The number of carbonyl (C=O) groups is 2. The van der Waals surface area contributed by atoms with Gasteiger partial charge in [0.1, 0.15) is 0 Å². The molecule has 2 aromatic carbocycles. The summed E-state index contributed by atoms with van der Waals surface area (Å²) < 4.78 is 23.6. The van der Waals surface area contributed by atoms with Crippen LogP contribution in [0, 0.1) is 11.3 Å². The fourth-order valence-corrected chi connectivity index (χ4v) is 8.24. The summed E-state index contributed by atoms with van der Waals surface area (Å²) in [6.07, 6.45) is 3.80. The van der Waals surface area contributed by atoms with Gasteiger partial charge < -0.3 is 14.7 Å². The van der Waals surface area contributed by atoms with Gasteiger partial charge in [-0.2, -0.15) is 0 Å². The maximum Gasteiger partial charge on any atom is 0.263 e. The predicted molar refractivity (Wildman–Crippen MR) is 161 cm³/mol. The van der Waals surface area contributed by atoms with Crippen LogP contribution in [-0.4, -0.2) is 80.5 Å². The average Bonchev–Trinajstić information content (AvgIpc) is 3.72. The van der Waals surface area contributed by atoms with Crippen molar-refractivity contribution >= 4 is 33.0 Å². The van der Waals surface area contributed by atoms with E-state index in [4.69, 9.17) is 0 Å². The van der Waals surface area contributed by atoms with Crippen molar-refractivity contribution in [3.05, 3.63) is 88.1 Å². The number of sulfone groups is 1. The first kappa shape index (κ1) is 28.1. The van der Waals surface area contributed by atoms with Gasteiger partial charge in [-0.05, 0) is 73.0 Å². The molecule has 0 aliphatic carbocycles. The third-order valence-corrected chi connectivity index (χ3v) is 11.3. The van der Waals surface area contributed by atoms with Crippen LogP contribution in [0.3, 0.4) is 0 Å². The number of benzene rings is 2. The predicted octanol–water partition coefficient (Wildman–Crippen LogP) is 4.52. The van der Waals surface area contributed by atoms with Gasteiger partial charge in [0.05, 0.1) is 15.2 Å². The zero-order valence-corrected chi connectivity index (χ0v) is 25.1. The van der Waals surface area contributed by atoms with Gasteiger partial charge in [0.2, 0.25) is 5.91 Å². The summed E-state index contributed by atoms with van der Waals surface area (Å²) in [5.74, 6) is 1.01. The van der Waals surface area contributed by atoms with Crippen LogP contribution in [-0.2, 0) is 21.2 Å². The normalized spacial score (nSPS) is 23.0. The second kappa shape index (κ2) is 11.3. The molecule has 4 heterocycles. The van der Waals surface area contributed by atoms with Crippen molar-refractivity contribution in [2.75, 3.05) is 45.5 Å². The fourth-order valence-electron chi connectivity index (χ4n) is 6.92. The Bertz CT molecular complexity index is 1480. The summed E-state index contributed by atoms with van der Waals surface area (Å²) in [5, 5.41) is 1.96. The highest BCUT2D eigenvalue weighted by molar-refractivity contribution is 7.90. The maximum atomic E-state index is 13.6. The number of piperidine rings is 1. The van der Waals surface area contributed by atoms with Gasteiger partial charge in [0.25, 0.3) is 5.91 Å². The van der Waals surface area contributed by atoms with Gasteiger partial charge in [0.15, 0.2) is 9.84 Å². The number of nitrogens with zero attached hydrogens (tertiary/aromatic N) is 3. The number of rotatable bonds is 7. The van der Waals surface area contributed by atoms with Crippen molar-refractivity contribution in [3.8, 4) is 0 Å². The van der Waals surface area contributed by atoms with E-state index in [0.29, 0.717) is 23.3 Å². The molecule has 7 nitrogen and oxygen atoms in total. The van der Waals surface area contributed by atoms with E-state index < -0.39 is 9.84 Å². The lowest BCUT2D eigenvalue weighted by Crippen LogP contribution is -2.46. The Morgan fingerprint density at radius 1 is 0.927 bits per heavy atom. The second-order valence-electron chi connectivity index (χ2n) is 11.9. The maximum absolute atomic E-state index is 13.6. The molecule has 2 amide bonds. The van der Waals surface area contributed by atoms with E-state index in [2.05, 4.69) is 29.2 Å². The van der Waals surface area contributed by atoms with Crippen LogP contribution >= 0.6 is 11.3 Å². The van der Waals surface area contributed by atoms with E-state index >= 15 is 0 Å². The number of amides is 2. The van der Waals surface area contributed by atoms with Crippen LogP contribution in [0.15, 0.2) is 77.0 Å². The SMILES string of the molecule is CS(=O)(=O)c1ccc(CN2CCC3(CCN(C[C@H]4CN(C(=O)c5cccs5)C[C@@H]4c4ccccc4)CC3)C2=O)cc1. The van der Waals surface area contributed by atoms with Gasteiger partial charge in [-0.25, -0.2) is 8.42 Å². The molecule has 1 aromatic heterocycles. The lowest BCUT2D eigenvalue weighted by atomic mass is 9.76. The first-order valence-corrected chi connectivity index (χ1v) is 17.2. The van der Waals surface area contributed by atoms with E-state index in [0.717, 1.165) is 69.0 Å². The molecule has 6 rings (SSSR count). The quantitative estimate of drug-likeness (QED) is 0.404. The van der Waals surface area contributed by atoms with Crippen LogP contribution in [0.1, 0.15) is 46.0 Å². The molecule has 0 saturated carbocycles. The van der Waals surface area contributed by atoms with Crippen LogP contribution in [0.4, 0.5) is 0 Å². The van der Waals surface area contributed by atoms with E-state index in [1.54, 1.807) is 12.1 Å². The van der Waals surface area contributed by atoms with Crippen molar-refractivity contribution in [1.29, 1.82) is 0 Å². The second-order valence-corrected chi connectivity index (χ2v) is 14.9. The molecular weight excluding hydrogens is 555 g/mol. The van der Waals surface area contributed by atoms with Crippen LogP contribution in [0.25, 0.3) is 0 Å². The third kappa shape index (κ3) is 5.85. The number of thiophene rings is 1. The minimum absolute atomic E-state index is 0.128. The van der Waals surface area contributed by atoms with Crippen LogP contribution in [0.5, 0.6) is 0 Å². The van der Waals surface area contributed by atoms with Gasteiger partial charge in [-0.3, -0.25) is 9.59 Å². The van der Waals surface area contributed by atoms with Crippen molar-refractivity contribution in [1.82, 2.24) is 14.7 Å². The molecule has 2 atom stereocenters. The highest BCUT2D eigenvalue weighted by atomic mass is 32.2. The van der Waals surface area contributed by atoms with Crippen LogP contribution < -0.4 is 0 Å². The summed E-state index contributed by atoms with van der Waals surface area (Å²) in [6.45, 7) is 5.45. The minimum atomic E-state index is -3.24. The zero-order valence-electron chi connectivity index (χ0n) is 23.4. The largest absolute Gasteiger partial charge is 0.338 e. The lowest BCUT2D eigenvalue weighted by molar-refractivity contribution is -0.139. The summed E-state index contributed by atoms with van der Waals surface area (Å²) in [4.78, 5) is 34.4. The van der Waals surface area contributed by atoms with Crippen LogP contribution in [0.2, 0.25) is 0 Å². The molecular formula is C32H37N3O4S2. The van der Waals surface area contributed by atoms with Gasteiger partial charge in [-0.15, -0.1) is 11.3 Å². The Morgan fingerprint density at radius 3 is 2.29 bits per heavy atom. The van der Waals surface area contributed by atoms with E-state index in [-0.39, 0.29) is 17.2 Å². The molecule has 0 N–H and O–H groups in total. The Labute approximate surface area is 246 Å². The molecule has 3 aliphatic heterocycles. The number of hydrogen-bond donors (Lipinski definition) is 0. The molecule has 1 spiro atoms. The van der Waals surface area contributed by atoms with Crippen molar-refractivity contribution in [2.45, 2.75) is 36.6 Å². The Balaban J connectivity index is 1.08. The van der Waals surface area contributed by atoms with Crippen molar-refractivity contribution < 1.29 is 18.0 Å². The fraction of sp³-hybridized carbons (Fsp3) is 0.438. The summed E-state index contributed by atoms with van der Waals surface area (Å²) in [6, 6.07) is 21.3. The molecule has 3 saturated heterocycles. The van der Waals surface area contributed by atoms with Gasteiger partial charge in [0, 0.05) is 44.9 Å². The topological polar surface area (TPSA) is 78.0 Å². The highest BCUT2D eigenvalue weighted by Crippen LogP contribution is 2.43. The summed E-state index contributed by atoms with van der Waals surface area (Å²) >= 11 is 1.50. The highest BCUT2D eigenvalue weighted by Gasteiger charge is 2.48. The minimum Gasteiger partial charge on any atom is -0.338 e. The van der Waals surface area contributed by atoms with E-state index in [9.17, 15) is 18.0 Å². The summed E-state index contributed by atoms with van der Waals surface area (Å²) in [5.41, 5.74) is 1.95. The number of likely N-dealkylation sites (tertiary alicyclic amines) is 3. The molecule has 3 aliphatic rings. The molecule has 41 heavy (non-hydrogen) atoms. The number of hydrogen-bond acceptors (Lipinski definition) is 6. The molecule has 9 heteroatoms. The molecule has 3 fully saturated rings. The van der Waals surface area contributed by atoms with Crippen molar-refractivity contribution in [3.63, 3.8) is 0 Å².